The van der Waals surface area contributed by atoms with Crippen molar-refractivity contribution in [3.05, 3.63) is 58.6 Å². The SMILES string of the molecule is Cc1nc(SCC2=C(C(=O)O)N3C(=O)C(NC(=O)[C@H](N)c4ccccc4)[C@H]3SC2)[nH]c1C. The summed E-state index contributed by atoms with van der Waals surface area (Å²) in [6, 6.07) is 7.16. The van der Waals surface area contributed by atoms with Crippen LogP contribution in [0, 0.1) is 13.8 Å². The molecule has 3 atom stereocenters. The van der Waals surface area contributed by atoms with Crippen LogP contribution in [0.1, 0.15) is 23.0 Å². The van der Waals surface area contributed by atoms with Crippen LogP contribution in [0.2, 0.25) is 0 Å². The van der Waals surface area contributed by atoms with Crippen molar-refractivity contribution in [2.45, 2.75) is 36.5 Å². The number of aliphatic carboxylic acids is 1. The van der Waals surface area contributed by atoms with E-state index in [1.165, 1.54) is 28.4 Å². The molecule has 1 unspecified atom stereocenters. The van der Waals surface area contributed by atoms with Gasteiger partial charge in [-0.2, -0.15) is 0 Å². The third kappa shape index (κ3) is 4.15. The van der Waals surface area contributed by atoms with Crippen LogP contribution in [0.3, 0.4) is 0 Å². The van der Waals surface area contributed by atoms with E-state index >= 15 is 0 Å². The number of aromatic amines is 1. The number of carboxylic acid groups (broad SMARTS) is 1. The van der Waals surface area contributed by atoms with Crippen LogP contribution in [-0.4, -0.2) is 60.7 Å². The zero-order valence-corrected chi connectivity index (χ0v) is 19.1. The number of aromatic nitrogens is 2. The van der Waals surface area contributed by atoms with E-state index in [0.717, 1.165) is 11.4 Å². The Kier molecular flexibility index (Phi) is 6.31. The number of imidazole rings is 1. The number of carbonyl (C=O) groups excluding carboxylic acids is 2. The molecule has 168 valence electrons. The lowest BCUT2D eigenvalue weighted by atomic mass is 10.0. The number of nitrogens with one attached hydrogen (secondary N) is 2. The van der Waals surface area contributed by atoms with Gasteiger partial charge in [0.25, 0.3) is 5.91 Å². The molecule has 0 saturated carbocycles. The Labute approximate surface area is 193 Å². The molecule has 2 aliphatic heterocycles. The van der Waals surface area contributed by atoms with Crippen LogP contribution in [0.25, 0.3) is 0 Å². The lowest BCUT2D eigenvalue weighted by Gasteiger charge is -2.49. The number of rotatable bonds is 7. The minimum absolute atomic E-state index is 0.0101. The van der Waals surface area contributed by atoms with Gasteiger partial charge in [0, 0.05) is 17.2 Å². The van der Waals surface area contributed by atoms with Crippen LogP contribution >= 0.6 is 23.5 Å². The lowest BCUT2D eigenvalue weighted by molar-refractivity contribution is -0.150. The second-order valence-electron chi connectivity index (χ2n) is 7.58. The average molecular weight is 474 g/mol. The molecule has 1 aromatic heterocycles. The van der Waals surface area contributed by atoms with Gasteiger partial charge >= 0.3 is 5.97 Å². The zero-order chi connectivity index (χ0) is 23.0. The second kappa shape index (κ2) is 9.00. The Morgan fingerprint density at radius 2 is 2.09 bits per heavy atom. The Balaban J connectivity index is 1.46. The molecule has 3 heterocycles. The van der Waals surface area contributed by atoms with E-state index in [9.17, 15) is 19.5 Å². The molecular weight excluding hydrogens is 450 g/mol. The highest BCUT2D eigenvalue weighted by atomic mass is 32.2. The van der Waals surface area contributed by atoms with Gasteiger partial charge in [-0.3, -0.25) is 14.5 Å². The molecule has 0 radical (unpaired) electrons. The molecule has 0 bridgehead atoms. The van der Waals surface area contributed by atoms with Gasteiger partial charge in [-0.25, -0.2) is 9.78 Å². The molecule has 1 saturated heterocycles. The summed E-state index contributed by atoms with van der Waals surface area (Å²) >= 11 is 2.83. The summed E-state index contributed by atoms with van der Waals surface area (Å²) in [7, 11) is 0. The quantitative estimate of drug-likeness (QED) is 0.351. The van der Waals surface area contributed by atoms with Crippen LogP contribution in [0.15, 0.2) is 46.8 Å². The van der Waals surface area contributed by atoms with E-state index in [1.54, 1.807) is 24.3 Å². The Morgan fingerprint density at radius 1 is 1.38 bits per heavy atom. The molecular formula is C21H23N5O4S2. The van der Waals surface area contributed by atoms with Crippen molar-refractivity contribution in [3.63, 3.8) is 0 Å². The van der Waals surface area contributed by atoms with Crippen molar-refractivity contribution in [2.75, 3.05) is 11.5 Å². The summed E-state index contributed by atoms with van der Waals surface area (Å²) in [6.45, 7) is 3.82. The van der Waals surface area contributed by atoms with Gasteiger partial charge in [-0.1, -0.05) is 42.1 Å². The van der Waals surface area contributed by atoms with Crippen LogP contribution in [0.5, 0.6) is 0 Å². The zero-order valence-electron chi connectivity index (χ0n) is 17.5. The smallest absolute Gasteiger partial charge is 0.352 e. The maximum Gasteiger partial charge on any atom is 0.352 e. The highest BCUT2D eigenvalue weighted by Gasteiger charge is 2.54. The number of carbonyl (C=O) groups is 3. The molecule has 1 aromatic carbocycles. The molecule has 5 N–H and O–H groups in total. The second-order valence-corrected chi connectivity index (χ2v) is 9.65. The first-order valence-corrected chi connectivity index (χ1v) is 12.0. The van der Waals surface area contributed by atoms with Gasteiger partial charge in [0.2, 0.25) is 5.91 Å². The number of thioether (sulfide) groups is 2. The summed E-state index contributed by atoms with van der Waals surface area (Å²) in [5, 5.41) is 12.7. The van der Waals surface area contributed by atoms with Crippen molar-refractivity contribution in [3.8, 4) is 0 Å². The molecule has 11 heteroatoms. The van der Waals surface area contributed by atoms with Gasteiger partial charge in [-0.15, -0.1) is 11.8 Å². The molecule has 2 aliphatic rings. The Bertz CT molecular complexity index is 1080. The number of nitrogens with zero attached hydrogens (tertiary/aromatic N) is 2. The van der Waals surface area contributed by atoms with E-state index in [2.05, 4.69) is 15.3 Å². The summed E-state index contributed by atoms with van der Waals surface area (Å²) < 4.78 is 0. The van der Waals surface area contributed by atoms with Crippen molar-refractivity contribution in [1.29, 1.82) is 0 Å². The van der Waals surface area contributed by atoms with Gasteiger partial charge in [0.05, 0.1) is 5.69 Å². The van der Waals surface area contributed by atoms with Gasteiger partial charge < -0.3 is 21.1 Å². The standard InChI is InChI=1S/C21H23N5O4S2/c1-10-11(2)24-21(23-10)32-9-13-8-31-19-15(18(28)26(19)16(13)20(29)30)25-17(27)14(22)12-6-4-3-5-7-12/h3-7,14-15,19H,8-9,22H2,1-2H3,(H,23,24)(H,25,27)(H,29,30)/t14-,15?,19-/m1/s1. The summed E-state index contributed by atoms with van der Waals surface area (Å²) in [6.07, 6.45) is 0. The van der Waals surface area contributed by atoms with Gasteiger partial charge in [0.15, 0.2) is 5.16 Å². The van der Waals surface area contributed by atoms with E-state index in [4.69, 9.17) is 5.73 Å². The molecule has 9 nitrogen and oxygen atoms in total. The number of β-lactam (4-membered cyclic amide) rings is 1. The predicted molar refractivity (Wildman–Crippen MR) is 122 cm³/mol. The van der Waals surface area contributed by atoms with Crippen LogP contribution < -0.4 is 11.1 Å². The van der Waals surface area contributed by atoms with E-state index in [-0.39, 0.29) is 5.70 Å². The highest BCUT2D eigenvalue weighted by molar-refractivity contribution is 8.01. The van der Waals surface area contributed by atoms with Crippen molar-refractivity contribution in [2.24, 2.45) is 5.73 Å². The van der Waals surface area contributed by atoms with Gasteiger partial charge in [-0.05, 0) is 25.0 Å². The number of H-pyrrole nitrogens is 1. The minimum atomic E-state index is -1.16. The van der Waals surface area contributed by atoms with Crippen molar-refractivity contribution in [1.82, 2.24) is 20.2 Å². The van der Waals surface area contributed by atoms with Crippen molar-refractivity contribution >= 4 is 41.3 Å². The summed E-state index contributed by atoms with van der Waals surface area (Å²) in [5.41, 5.74) is 9.15. The maximum absolute atomic E-state index is 12.8. The van der Waals surface area contributed by atoms with E-state index in [0.29, 0.717) is 27.8 Å². The van der Waals surface area contributed by atoms with E-state index in [1.807, 2.05) is 19.9 Å². The van der Waals surface area contributed by atoms with Crippen LogP contribution in [0.4, 0.5) is 0 Å². The normalized spacial score (nSPS) is 21.1. The Morgan fingerprint density at radius 3 is 2.72 bits per heavy atom. The lowest BCUT2D eigenvalue weighted by Crippen LogP contribution is -2.71. The summed E-state index contributed by atoms with van der Waals surface area (Å²) in [4.78, 5) is 46.2. The number of hydrogen-bond donors (Lipinski definition) is 4. The molecule has 0 aliphatic carbocycles. The van der Waals surface area contributed by atoms with Crippen LogP contribution in [-0.2, 0) is 14.4 Å². The largest absolute Gasteiger partial charge is 0.477 e. The molecule has 2 aromatic rings. The molecule has 1 fully saturated rings. The fourth-order valence-corrected chi connectivity index (χ4v) is 6.04. The number of hydrogen-bond acceptors (Lipinski definition) is 7. The molecule has 32 heavy (non-hydrogen) atoms. The predicted octanol–water partition coefficient (Wildman–Crippen LogP) is 1.56. The first-order valence-electron chi connectivity index (χ1n) is 9.94. The fraction of sp³-hybridized carbons (Fsp3) is 0.333. The topological polar surface area (TPSA) is 141 Å². The summed E-state index contributed by atoms with van der Waals surface area (Å²) in [5.74, 6) is -1.23. The third-order valence-electron chi connectivity index (χ3n) is 5.48. The van der Waals surface area contributed by atoms with Gasteiger partial charge in [0.1, 0.15) is 23.2 Å². The number of fused-ring (bicyclic) bond motifs is 1. The fourth-order valence-electron chi connectivity index (χ4n) is 3.59. The number of benzene rings is 1. The molecule has 4 rings (SSSR count). The van der Waals surface area contributed by atoms with E-state index < -0.39 is 35.2 Å². The minimum Gasteiger partial charge on any atom is -0.477 e. The number of carboxylic acids is 1. The molecule has 0 spiro atoms. The number of amides is 2. The first-order chi connectivity index (χ1) is 15.3. The first kappa shape index (κ1) is 22.4. The highest BCUT2D eigenvalue weighted by Crippen LogP contribution is 2.41. The van der Waals surface area contributed by atoms with Crippen molar-refractivity contribution < 1.29 is 19.5 Å². The Hall–Kier alpha value is -2.76. The monoisotopic (exact) mass is 473 g/mol. The number of aryl methyl sites for hydroxylation is 2. The number of nitrogens with two attached hydrogens (primary N) is 1. The third-order valence-corrected chi connectivity index (χ3v) is 7.78. The molecule has 2 amide bonds. The average Bonchev–Trinajstić information content (AvgIpc) is 3.12. The maximum atomic E-state index is 12.8.